The molecule has 0 unspecified atom stereocenters. The minimum atomic E-state index is -0.768. The van der Waals surface area contributed by atoms with E-state index in [0.717, 1.165) is 24.9 Å². The van der Waals surface area contributed by atoms with Crippen LogP contribution in [0, 0.1) is 0 Å². The van der Waals surface area contributed by atoms with E-state index in [1.807, 2.05) is 48.2 Å². The molecule has 1 fully saturated rings. The van der Waals surface area contributed by atoms with Gasteiger partial charge in [-0.2, -0.15) is 0 Å². The number of likely N-dealkylation sites (tertiary alicyclic amines) is 1. The van der Waals surface area contributed by atoms with Gasteiger partial charge in [0.15, 0.2) is 6.10 Å². The summed E-state index contributed by atoms with van der Waals surface area (Å²) >= 11 is 0. The summed E-state index contributed by atoms with van der Waals surface area (Å²) < 4.78 is 5.88. The molecule has 0 saturated carbocycles. The molecule has 31 heavy (non-hydrogen) atoms. The molecule has 3 amide bonds. The van der Waals surface area contributed by atoms with Gasteiger partial charge in [-0.15, -0.1) is 0 Å². The van der Waals surface area contributed by atoms with Gasteiger partial charge in [-0.3, -0.25) is 14.4 Å². The van der Waals surface area contributed by atoms with Crippen LogP contribution in [0.2, 0.25) is 0 Å². The van der Waals surface area contributed by atoms with Crippen molar-refractivity contribution in [3.63, 3.8) is 0 Å². The van der Waals surface area contributed by atoms with Crippen molar-refractivity contribution in [2.24, 2.45) is 0 Å². The Hall–Kier alpha value is -3.35. The maximum Gasteiger partial charge on any atom is 0.262 e. The van der Waals surface area contributed by atoms with Crippen LogP contribution in [-0.2, 0) is 16.1 Å². The highest BCUT2D eigenvalue weighted by Gasteiger charge is 2.34. The van der Waals surface area contributed by atoms with Crippen LogP contribution in [0.5, 0.6) is 5.75 Å². The van der Waals surface area contributed by atoms with Crippen LogP contribution in [-0.4, -0.2) is 48.4 Å². The van der Waals surface area contributed by atoms with Gasteiger partial charge in [0.25, 0.3) is 11.8 Å². The number of fused-ring (bicyclic) bond motifs is 1. The van der Waals surface area contributed by atoms with Crippen LogP contribution >= 0.6 is 0 Å². The molecule has 7 heteroatoms. The summed E-state index contributed by atoms with van der Waals surface area (Å²) in [6, 6.07) is 14.6. The zero-order valence-corrected chi connectivity index (χ0v) is 17.7. The Morgan fingerprint density at radius 2 is 2.00 bits per heavy atom. The zero-order chi connectivity index (χ0) is 21.8. The van der Waals surface area contributed by atoms with Gasteiger partial charge in [0.2, 0.25) is 5.91 Å². The topological polar surface area (TPSA) is 79.0 Å². The van der Waals surface area contributed by atoms with Crippen molar-refractivity contribution in [1.82, 2.24) is 10.2 Å². The van der Waals surface area contributed by atoms with E-state index in [0.29, 0.717) is 36.5 Å². The summed E-state index contributed by atoms with van der Waals surface area (Å²) in [4.78, 5) is 41.4. The molecule has 0 bridgehead atoms. The molecule has 1 saturated heterocycles. The molecule has 7 nitrogen and oxygen atoms in total. The van der Waals surface area contributed by atoms with Gasteiger partial charge in [0.1, 0.15) is 5.75 Å². The fourth-order valence-electron chi connectivity index (χ4n) is 3.98. The molecule has 2 heterocycles. The highest BCUT2D eigenvalue weighted by molar-refractivity contribution is 6.08. The Labute approximate surface area is 182 Å². The van der Waals surface area contributed by atoms with Crippen molar-refractivity contribution in [3.8, 4) is 5.75 Å². The first-order chi connectivity index (χ1) is 15.1. The minimum absolute atomic E-state index is 0.139. The van der Waals surface area contributed by atoms with Crippen molar-refractivity contribution < 1.29 is 19.1 Å². The number of carbonyl (C=O) groups excluding carboxylic acids is 3. The lowest BCUT2D eigenvalue weighted by Gasteiger charge is -2.34. The fourth-order valence-corrected chi connectivity index (χ4v) is 3.98. The Morgan fingerprint density at radius 3 is 2.77 bits per heavy atom. The average Bonchev–Trinajstić information content (AvgIpc) is 3.20. The molecule has 2 aromatic rings. The first kappa shape index (κ1) is 20.9. The molecule has 4 rings (SSSR count). The quantitative estimate of drug-likeness (QED) is 0.778. The number of para-hydroxylation sites is 2. The third kappa shape index (κ3) is 4.55. The number of nitrogens with one attached hydrogen (secondary N) is 1. The molecule has 1 atom stereocenters. The van der Waals surface area contributed by atoms with E-state index in [1.165, 1.54) is 0 Å². The van der Waals surface area contributed by atoms with Crippen molar-refractivity contribution in [2.45, 2.75) is 38.8 Å². The first-order valence-corrected chi connectivity index (χ1v) is 10.8. The second kappa shape index (κ2) is 9.20. The largest absolute Gasteiger partial charge is 0.477 e. The first-order valence-electron chi connectivity index (χ1n) is 10.8. The normalized spacial score (nSPS) is 17.8. The molecule has 1 N–H and O–H groups in total. The number of nitrogens with zero attached hydrogens (tertiary/aromatic N) is 2. The van der Waals surface area contributed by atoms with E-state index in [2.05, 4.69) is 5.32 Å². The van der Waals surface area contributed by atoms with E-state index in [4.69, 9.17) is 4.74 Å². The number of hydrogen-bond acceptors (Lipinski definition) is 4. The van der Waals surface area contributed by atoms with E-state index < -0.39 is 6.10 Å². The Morgan fingerprint density at radius 1 is 1.16 bits per heavy atom. The highest BCUT2D eigenvalue weighted by atomic mass is 16.5. The van der Waals surface area contributed by atoms with E-state index in [1.54, 1.807) is 17.0 Å². The van der Waals surface area contributed by atoms with Crippen molar-refractivity contribution in [1.29, 1.82) is 0 Å². The zero-order valence-electron chi connectivity index (χ0n) is 17.7. The van der Waals surface area contributed by atoms with E-state index in [9.17, 15) is 14.4 Å². The minimum Gasteiger partial charge on any atom is -0.477 e. The number of ether oxygens (including phenoxy) is 1. The van der Waals surface area contributed by atoms with Gasteiger partial charge in [0.05, 0.1) is 12.2 Å². The highest BCUT2D eigenvalue weighted by Crippen LogP contribution is 2.34. The fraction of sp³-hybridized carbons (Fsp3) is 0.375. The Kier molecular flexibility index (Phi) is 6.21. The number of amides is 3. The van der Waals surface area contributed by atoms with Gasteiger partial charge in [0, 0.05) is 31.6 Å². The summed E-state index contributed by atoms with van der Waals surface area (Å²) in [5, 5.41) is 2.85. The summed E-state index contributed by atoms with van der Waals surface area (Å²) in [7, 11) is 0. The molecule has 2 aliphatic rings. The predicted molar refractivity (Wildman–Crippen MR) is 117 cm³/mol. The molecule has 0 aromatic heterocycles. The van der Waals surface area contributed by atoms with Crippen molar-refractivity contribution in [2.75, 3.05) is 24.5 Å². The van der Waals surface area contributed by atoms with Crippen LogP contribution in [0.1, 0.15) is 42.1 Å². The standard InChI is InChI=1S/C24H27N3O4/c1-2-12-25-23(29)21-16-27(19-9-3-4-10-20(19)31-21)24(30)18-8-5-7-17(14-18)15-26-13-6-11-22(26)28/h3-5,7-10,14,21H,2,6,11-13,15-16H2,1H3,(H,25,29)/t21-/m1/s1. The average molecular weight is 421 g/mol. The smallest absolute Gasteiger partial charge is 0.262 e. The number of hydrogen-bond donors (Lipinski definition) is 1. The second-order valence-corrected chi connectivity index (χ2v) is 7.90. The molecule has 2 aliphatic heterocycles. The number of carbonyl (C=O) groups is 3. The van der Waals surface area contributed by atoms with Gasteiger partial charge < -0.3 is 19.9 Å². The van der Waals surface area contributed by atoms with Gasteiger partial charge in [-0.05, 0) is 42.7 Å². The van der Waals surface area contributed by atoms with Crippen molar-refractivity contribution in [3.05, 3.63) is 59.7 Å². The number of anilines is 1. The third-order valence-corrected chi connectivity index (χ3v) is 5.58. The van der Waals surface area contributed by atoms with Crippen molar-refractivity contribution >= 4 is 23.4 Å². The van der Waals surface area contributed by atoms with Gasteiger partial charge >= 0.3 is 0 Å². The van der Waals surface area contributed by atoms with E-state index in [-0.39, 0.29) is 24.3 Å². The third-order valence-electron chi connectivity index (χ3n) is 5.58. The maximum absolute atomic E-state index is 13.5. The molecule has 0 spiro atoms. The van der Waals surface area contributed by atoms with Crippen LogP contribution < -0.4 is 15.0 Å². The number of rotatable bonds is 6. The van der Waals surface area contributed by atoms with Crippen LogP contribution in [0.15, 0.2) is 48.5 Å². The Balaban J connectivity index is 1.57. The van der Waals surface area contributed by atoms with Crippen LogP contribution in [0.4, 0.5) is 5.69 Å². The predicted octanol–water partition coefficient (Wildman–Crippen LogP) is 2.74. The molecule has 162 valence electrons. The van der Waals surface area contributed by atoms with Crippen LogP contribution in [0.3, 0.4) is 0 Å². The molecular weight excluding hydrogens is 394 g/mol. The summed E-state index contributed by atoms with van der Waals surface area (Å²) in [5.74, 6) is 0.242. The lowest BCUT2D eigenvalue weighted by Crippen LogP contribution is -2.50. The van der Waals surface area contributed by atoms with Crippen LogP contribution in [0.25, 0.3) is 0 Å². The second-order valence-electron chi connectivity index (χ2n) is 7.90. The summed E-state index contributed by atoms with van der Waals surface area (Å²) in [6.07, 6.45) is 1.52. The van der Waals surface area contributed by atoms with Gasteiger partial charge in [-0.25, -0.2) is 0 Å². The molecule has 0 aliphatic carbocycles. The van der Waals surface area contributed by atoms with E-state index >= 15 is 0 Å². The maximum atomic E-state index is 13.5. The summed E-state index contributed by atoms with van der Waals surface area (Å²) in [6.45, 7) is 3.94. The Bertz CT molecular complexity index is 990. The lowest BCUT2D eigenvalue weighted by molar-refractivity contribution is -0.128. The molecule has 2 aromatic carbocycles. The molecular formula is C24H27N3O4. The molecule has 0 radical (unpaired) electrons. The lowest BCUT2D eigenvalue weighted by atomic mass is 10.1. The number of benzene rings is 2. The summed E-state index contributed by atoms with van der Waals surface area (Å²) in [5.41, 5.74) is 2.08. The SMILES string of the molecule is CCCNC(=O)[C@H]1CN(C(=O)c2cccc(CN3CCCC3=O)c2)c2ccccc2O1. The van der Waals surface area contributed by atoms with Gasteiger partial charge in [-0.1, -0.05) is 31.2 Å². The monoisotopic (exact) mass is 421 g/mol.